The summed E-state index contributed by atoms with van der Waals surface area (Å²) in [7, 11) is 0. The number of hydrogen-bond donors (Lipinski definition) is 0. The fourth-order valence-electron chi connectivity index (χ4n) is 8.19. The smallest absolute Gasteiger partial charge is 0.159 e. The maximum Gasteiger partial charge on any atom is 0.159 e. The molecule has 0 aliphatic carbocycles. The normalized spacial score (nSPS) is 11.5. The summed E-state index contributed by atoms with van der Waals surface area (Å²) in [5.41, 5.74) is 15.8. The van der Waals surface area contributed by atoms with E-state index in [0.717, 1.165) is 72.1 Å². The van der Waals surface area contributed by atoms with Crippen LogP contribution < -0.4 is 4.90 Å². The van der Waals surface area contributed by atoms with Gasteiger partial charge in [-0.3, -0.25) is 0 Å². The third-order valence-electron chi connectivity index (χ3n) is 11.1. The van der Waals surface area contributed by atoms with Crippen LogP contribution in [0.15, 0.2) is 221 Å². The van der Waals surface area contributed by atoms with E-state index in [2.05, 4.69) is 211 Å². The predicted molar refractivity (Wildman–Crippen MR) is 237 cm³/mol. The van der Waals surface area contributed by atoms with Gasteiger partial charge in [0.25, 0.3) is 0 Å². The van der Waals surface area contributed by atoms with Gasteiger partial charge in [-0.25, -0.2) is 0 Å². The number of para-hydroxylation sites is 1. The molecular formula is C54H35NO2. The van der Waals surface area contributed by atoms with E-state index in [1.54, 1.807) is 0 Å². The van der Waals surface area contributed by atoms with Gasteiger partial charge in [0, 0.05) is 32.9 Å². The fourth-order valence-corrected chi connectivity index (χ4v) is 8.19. The Morgan fingerprint density at radius 1 is 0.263 bits per heavy atom. The highest BCUT2D eigenvalue weighted by molar-refractivity contribution is 6.17. The molecule has 0 N–H and O–H groups in total. The van der Waals surface area contributed by atoms with Crippen LogP contribution in [0.2, 0.25) is 0 Å². The molecule has 2 aromatic heterocycles. The average Bonchev–Trinajstić information content (AvgIpc) is 3.84. The lowest BCUT2D eigenvalue weighted by Gasteiger charge is -2.26. The van der Waals surface area contributed by atoms with Crippen molar-refractivity contribution in [3.8, 4) is 44.5 Å². The quantitative estimate of drug-likeness (QED) is 0.164. The molecule has 0 unspecified atom stereocenters. The molecular weight excluding hydrogens is 695 g/mol. The molecule has 3 nitrogen and oxygen atoms in total. The first-order chi connectivity index (χ1) is 28.2. The zero-order valence-corrected chi connectivity index (χ0v) is 31.0. The van der Waals surface area contributed by atoms with E-state index in [4.69, 9.17) is 8.83 Å². The number of hydrogen-bond acceptors (Lipinski definition) is 3. The van der Waals surface area contributed by atoms with Crippen molar-refractivity contribution < 1.29 is 8.83 Å². The number of benzene rings is 9. The van der Waals surface area contributed by atoms with Crippen LogP contribution in [0.5, 0.6) is 0 Å². The summed E-state index contributed by atoms with van der Waals surface area (Å²) in [6.45, 7) is 0. The lowest BCUT2D eigenvalue weighted by atomic mass is 10.00. The third kappa shape index (κ3) is 5.85. The fraction of sp³-hybridized carbons (Fsp3) is 0. The molecule has 0 spiro atoms. The number of fused-ring (bicyclic) bond motifs is 6. The Morgan fingerprint density at radius 2 is 0.667 bits per heavy atom. The van der Waals surface area contributed by atoms with E-state index in [9.17, 15) is 0 Å². The van der Waals surface area contributed by atoms with Gasteiger partial charge in [-0.05, 0) is 99.1 Å². The summed E-state index contributed by atoms with van der Waals surface area (Å²) in [6.07, 6.45) is 0. The van der Waals surface area contributed by atoms with Crippen LogP contribution in [0.25, 0.3) is 88.4 Å². The molecule has 0 radical (unpaired) electrons. The van der Waals surface area contributed by atoms with Gasteiger partial charge in [0.15, 0.2) is 5.58 Å². The Kier molecular flexibility index (Phi) is 7.82. The molecule has 0 bridgehead atoms. The van der Waals surface area contributed by atoms with Crippen LogP contribution in [0.3, 0.4) is 0 Å². The maximum absolute atomic E-state index is 6.90. The zero-order chi connectivity index (χ0) is 37.7. The van der Waals surface area contributed by atoms with Gasteiger partial charge < -0.3 is 13.7 Å². The second-order valence-electron chi connectivity index (χ2n) is 14.5. The summed E-state index contributed by atoms with van der Waals surface area (Å²) in [4.78, 5) is 2.30. The zero-order valence-electron chi connectivity index (χ0n) is 31.0. The Morgan fingerprint density at radius 3 is 1.19 bits per heavy atom. The van der Waals surface area contributed by atoms with Crippen molar-refractivity contribution in [2.24, 2.45) is 0 Å². The molecule has 11 rings (SSSR count). The largest absolute Gasteiger partial charge is 0.456 e. The highest BCUT2D eigenvalue weighted by Crippen LogP contribution is 2.45. The first-order valence-corrected chi connectivity index (χ1v) is 19.3. The van der Waals surface area contributed by atoms with Crippen molar-refractivity contribution >= 4 is 60.9 Å². The minimum absolute atomic E-state index is 0.821. The SMILES string of the molecule is c1ccc(-c2ccc(-c3ccc(N(c4ccc(-c5ccccc5)cc4)c4cccc5c4oc4cc6c(cc45)oc4ccc(-c5ccccc5)cc46)cc3)cc2)cc1. The molecule has 0 saturated heterocycles. The van der Waals surface area contributed by atoms with Crippen molar-refractivity contribution in [2.75, 3.05) is 4.90 Å². The van der Waals surface area contributed by atoms with Crippen LogP contribution in [0.1, 0.15) is 0 Å². The first-order valence-electron chi connectivity index (χ1n) is 19.3. The summed E-state index contributed by atoms with van der Waals surface area (Å²) in [5, 5.41) is 4.17. The van der Waals surface area contributed by atoms with Crippen molar-refractivity contribution in [3.05, 3.63) is 212 Å². The predicted octanol–water partition coefficient (Wildman–Crippen LogP) is 15.6. The van der Waals surface area contributed by atoms with Crippen LogP contribution >= 0.6 is 0 Å². The number of nitrogens with zero attached hydrogens (tertiary/aromatic N) is 1. The molecule has 0 atom stereocenters. The van der Waals surface area contributed by atoms with Crippen LogP contribution in [0.4, 0.5) is 17.1 Å². The average molecular weight is 730 g/mol. The summed E-state index contributed by atoms with van der Waals surface area (Å²) in [5.74, 6) is 0. The molecule has 3 heteroatoms. The highest BCUT2D eigenvalue weighted by atomic mass is 16.3. The number of rotatable bonds is 7. The standard InChI is InChI=1S/C54H35NO2/c1-4-11-36(12-5-1)39-19-21-40(22-20-39)42-25-30-45(31-26-42)55(44-28-23-41(24-29-44)37-13-6-2-7-14-37)50-18-10-17-46-48-34-52-49(35-53(48)57-54(46)50)47-33-43(27-32-51(47)56-52)38-15-8-3-9-16-38/h1-35H. The second kappa shape index (κ2) is 13.6. The van der Waals surface area contributed by atoms with Crippen molar-refractivity contribution in [2.45, 2.75) is 0 Å². The number of furan rings is 2. The van der Waals surface area contributed by atoms with Gasteiger partial charge in [0.2, 0.25) is 0 Å². The first kappa shape index (κ1) is 32.8. The molecule has 2 heterocycles. The highest BCUT2D eigenvalue weighted by Gasteiger charge is 2.21. The van der Waals surface area contributed by atoms with Gasteiger partial charge in [0.1, 0.15) is 16.7 Å². The van der Waals surface area contributed by atoms with Gasteiger partial charge >= 0.3 is 0 Å². The van der Waals surface area contributed by atoms with Gasteiger partial charge in [-0.2, -0.15) is 0 Å². The lowest BCUT2D eigenvalue weighted by molar-refractivity contribution is 0.664. The molecule has 9 aromatic carbocycles. The molecule has 0 saturated carbocycles. The van der Waals surface area contributed by atoms with E-state index in [-0.39, 0.29) is 0 Å². The Hall–Kier alpha value is -7.62. The van der Waals surface area contributed by atoms with Crippen LogP contribution in [-0.2, 0) is 0 Å². The molecule has 0 aliphatic rings. The number of anilines is 3. The molecule has 0 aliphatic heterocycles. The monoisotopic (exact) mass is 729 g/mol. The van der Waals surface area contributed by atoms with Crippen LogP contribution in [0, 0.1) is 0 Å². The Balaban J connectivity index is 1.03. The molecule has 0 amide bonds. The molecule has 57 heavy (non-hydrogen) atoms. The second-order valence-corrected chi connectivity index (χ2v) is 14.5. The van der Waals surface area contributed by atoms with Crippen molar-refractivity contribution in [1.82, 2.24) is 0 Å². The third-order valence-corrected chi connectivity index (χ3v) is 11.1. The van der Waals surface area contributed by atoms with E-state index < -0.39 is 0 Å². The Bertz CT molecular complexity index is 3180. The molecule has 11 aromatic rings. The van der Waals surface area contributed by atoms with E-state index in [0.29, 0.717) is 0 Å². The van der Waals surface area contributed by atoms with Crippen molar-refractivity contribution in [3.63, 3.8) is 0 Å². The Labute approximate surface area is 330 Å². The van der Waals surface area contributed by atoms with Gasteiger partial charge in [0.05, 0.1) is 5.69 Å². The van der Waals surface area contributed by atoms with E-state index >= 15 is 0 Å². The van der Waals surface area contributed by atoms with E-state index in [1.807, 2.05) is 6.07 Å². The van der Waals surface area contributed by atoms with Gasteiger partial charge in [-0.1, -0.05) is 158 Å². The molecule has 0 fully saturated rings. The summed E-state index contributed by atoms with van der Waals surface area (Å²) >= 11 is 0. The summed E-state index contributed by atoms with van der Waals surface area (Å²) in [6, 6.07) is 75.0. The van der Waals surface area contributed by atoms with E-state index in [1.165, 1.54) is 33.4 Å². The van der Waals surface area contributed by atoms with Crippen molar-refractivity contribution in [1.29, 1.82) is 0 Å². The summed E-state index contributed by atoms with van der Waals surface area (Å²) < 4.78 is 13.4. The maximum atomic E-state index is 6.90. The van der Waals surface area contributed by atoms with Crippen LogP contribution in [-0.4, -0.2) is 0 Å². The molecule has 268 valence electrons. The minimum Gasteiger partial charge on any atom is -0.456 e. The minimum atomic E-state index is 0.821. The lowest BCUT2D eigenvalue weighted by Crippen LogP contribution is -2.10. The van der Waals surface area contributed by atoms with Gasteiger partial charge in [-0.15, -0.1) is 0 Å². The topological polar surface area (TPSA) is 29.5 Å².